The highest BCUT2D eigenvalue weighted by molar-refractivity contribution is 5.94. The maximum Gasteiger partial charge on any atom is 0.317 e. The minimum Gasteiger partial charge on any atom is -0.348 e. The summed E-state index contributed by atoms with van der Waals surface area (Å²) in [6.07, 6.45) is 3.01. The molecule has 0 aliphatic carbocycles. The number of urea groups is 1. The van der Waals surface area contributed by atoms with Crippen LogP contribution in [0.1, 0.15) is 66.6 Å². The van der Waals surface area contributed by atoms with Gasteiger partial charge < -0.3 is 15.5 Å². The highest BCUT2D eigenvalue weighted by Gasteiger charge is 2.25. The van der Waals surface area contributed by atoms with E-state index in [1.807, 2.05) is 36.9 Å². The number of nitrogens with zero attached hydrogens (tertiary/aromatic N) is 1. The van der Waals surface area contributed by atoms with Gasteiger partial charge in [0, 0.05) is 37.2 Å². The molecule has 0 bridgehead atoms. The van der Waals surface area contributed by atoms with Crippen LogP contribution in [0, 0.1) is 0 Å². The van der Waals surface area contributed by atoms with Gasteiger partial charge in [-0.3, -0.25) is 4.79 Å². The Morgan fingerprint density at radius 1 is 1.10 bits per heavy atom. The lowest BCUT2D eigenvalue weighted by Gasteiger charge is -2.33. The van der Waals surface area contributed by atoms with Gasteiger partial charge in [-0.1, -0.05) is 43.3 Å². The standard InChI is InChI=1S/C25H33N3O2/c1-4-19-10-12-20(13-11-19)16-26-24(29)22-8-5-7-21(15-22)23-9-6-14-28(17-23)25(30)27-18(2)3/h5,7-8,10-13,15,18,23H,4,6,9,14,16-17H2,1-3H3,(H,26,29)(H,27,30)/t23-/m1/s1. The predicted octanol–water partition coefficient (Wildman–Crippen LogP) is 4.48. The lowest BCUT2D eigenvalue weighted by Crippen LogP contribution is -2.47. The van der Waals surface area contributed by atoms with E-state index in [1.54, 1.807) is 0 Å². The molecule has 30 heavy (non-hydrogen) atoms. The van der Waals surface area contributed by atoms with Gasteiger partial charge in [0.05, 0.1) is 0 Å². The van der Waals surface area contributed by atoms with Crippen LogP contribution >= 0.6 is 0 Å². The highest BCUT2D eigenvalue weighted by Crippen LogP contribution is 2.27. The fraction of sp³-hybridized carbons (Fsp3) is 0.440. The maximum absolute atomic E-state index is 12.7. The molecule has 5 heteroatoms. The number of benzene rings is 2. The second kappa shape index (κ2) is 10.3. The van der Waals surface area contributed by atoms with Crippen molar-refractivity contribution in [1.82, 2.24) is 15.5 Å². The lowest BCUT2D eigenvalue weighted by molar-refractivity contribution is 0.0950. The third kappa shape index (κ3) is 5.85. The van der Waals surface area contributed by atoms with Crippen molar-refractivity contribution in [2.75, 3.05) is 13.1 Å². The first-order chi connectivity index (χ1) is 14.5. The summed E-state index contributed by atoms with van der Waals surface area (Å²) in [4.78, 5) is 26.9. The highest BCUT2D eigenvalue weighted by atomic mass is 16.2. The number of carbonyl (C=O) groups excluding carboxylic acids is 2. The second-order valence-corrected chi connectivity index (χ2v) is 8.37. The van der Waals surface area contributed by atoms with Gasteiger partial charge in [-0.2, -0.15) is 0 Å². The molecule has 2 N–H and O–H groups in total. The molecule has 1 atom stereocenters. The van der Waals surface area contributed by atoms with Gasteiger partial charge in [-0.25, -0.2) is 4.79 Å². The molecule has 0 saturated carbocycles. The first-order valence-corrected chi connectivity index (χ1v) is 11.0. The molecule has 1 heterocycles. The third-order valence-electron chi connectivity index (χ3n) is 5.63. The summed E-state index contributed by atoms with van der Waals surface area (Å²) in [5.74, 6) is 0.188. The first-order valence-electron chi connectivity index (χ1n) is 11.0. The van der Waals surface area contributed by atoms with Crippen molar-refractivity contribution in [3.8, 4) is 0 Å². The SMILES string of the molecule is CCc1ccc(CNC(=O)c2cccc([C@@H]3CCCN(C(=O)NC(C)C)C3)c2)cc1. The molecule has 0 spiro atoms. The van der Waals surface area contributed by atoms with Crippen molar-refractivity contribution < 1.29 is 9.59 Å². The van der Waals surface area contributed by atoms with Crippen molar-refractivity contribution in [3.05, 3.63) is 70.8 Å². The Morgan fingerprint density at radius 3 is 2.53 bits per heavy atom. The van der Waals surface area contributed by atoms with Crippen molar-refractivity contribution in [2.24, 2.45) is 0 Å². The summed E-state index contributed by atoms with van der Waals surface area (Å²) in [5, 5.41) is 5.99. The predicted molar refractivity (Wildman–Crippen MR) is 121 cm³/mol. The number of carbonyl (C=O) groups is 2. The quantitative estimate of drug-likeness (QED) is 0.742. The molecule has 1 saturated heterocycles. The summed E-state index contributed by atoms with van der Waals surface area (Å²) in [6.45, 7) is 8.06. The normalized spacial score (nSPS) is 16.4. The lowest BCUT2D eigenvalue weighted by atomic mass is 9.89. The zero-order chi connectivity index (χ0) is 21.5. The molecular formula is C25H33N3O2. The molecule has 1 fully saturated rings. The van der Waals surface area contributed by atoms with Gasteiger partial charge in [0.2, 0.25) is 0 Å². The van der Waals surface area contributed by atoms with E-state index in [0.717, 1.165) is 36.9 Å². The number of aryl methyl sites for hydroxylation is 1. The Morgan fingerprint density at radius 2 is 1.83 bits per heavy atom. The maximum atomic E-state index is 12.7. The van der Waals surface area contributed by atoms with E-state index in [4.69, 9.17) is 0 Å². The topological polar surface area (TPSA) is 61.4 Å². The minimum absolute atomic E-state index is 0.00214. The Balaban J connectivity index is 1.61. The van der Waals surface area contributed by atoms with Crippen LogP contribution in [0.15, 0.2) is 48.5 Å². The molecule has 2 aromatic rings. The molecule has 0 aromatic heterocycles. The van der Waals surface area contributed by atoms with Crippen molar-refractivity contribution in [2.45, 2.75) is 58.5 Å². The Hall–Kier alpha value is -2.82. The molecule has 3 amide bonds. The zero-order valence-corrected chi connectivity index (χ0v) is 18.3. The fourth-order valence-electron chi connectivity index (χ4n) is 3.88. The molecular weight excluding hydrogens is 374 g/mol. The van der Waals surface area contributed by atoms with E-state index in [2.05, 4.69) is 47.9 Å². The fourth-order valence-corrected chi connectivity index (χ4v) is 3.88. The van der Waals surface area contributed by atoms with E-state index in [0.29, 0.717) is 18.7 Å². The van der Waals surface area contributed by atoms with Gasteiger partial charge >= 0.3 is 6.03 Å². The van der Waals surface area contributed by atoms with Crippen LogP contribution in [0.4, 0.5) is 4.79 Å². The van der Waals surface area contributed by atoms with Crippen LogP contribution in [0.2, 0.25) is 0 Å². The molecule has 160 valence electrons. The van der Waals surface area contributed by atoms with Gasteiger partial charge in [0.15, 0.2) is 0 Å². The summed E-state index contributed by atoms with van der Waals surface area (Å²) < 4.78 is 0. The number of rotatable bonds is 6. The number of hydrogen-bond donors (Lipinski definition) is 2. The van der Waals surface area contributed by atoms with Crippen molar-refractivity contribution in [1.29, 1.82) is 0 Å². The molecule has 2 aromatic carbocycles. The first kappa shape index (κ1) is 21.9. The number of amides is 3. The summed E-state index contributed by atoms with van der Waals surface area (Å²) >= 11 is 0. The number of hydrogen-bond acceptors (Lipinski definition) is 2. The van der Waals surface area contributed by atoms with E-state index in [-0.39, 0.29) is 23.9 Å². The molecule has 1 aliphatic rings. The minimum atomic E-state index is -0.0679. The van der Waals surface area contributed by atoms with E-state index >= 15 is 0 Å². The molecule has 0 unspecified atom stereocenters. The number of piperidine rings is 1. The van der Waals surface area contributed by atoms with E-state index < -0.39 is 0 Å². The molecule has 3 rings (SSSR count). The van der Waals surface area contributed by atoms with Crippen LogP contribution in [0.5, 0.6) is 0 Å². The molecule has 5 nitrogen and oxygen atoms in total. The van der Waals surface area contributed by atoms with Crippen LogP contribution in [-0.4, -0.2) is 36.0 Å². The molecule has 1 aliphatic heterocycles. The monoisotopic (exact) mass is 407 g/mol. The Labute approximate surface area is 179 Å². The second-order valence-electron chi connectivity index (χ2n) is 8.37. The van der Waals surface area contributed by atoms with Gasteiger partial charge in [0.25, 0.3) is 5.91 Å². The van der Waals surface area contributed by atoms with E-state index in [9.17, 15) is 9.59 Å². The molecule has 0 radical (unpaired) electrons. The van der Waals surface area contributed by atoms with Crippen LogP contribution in [-0.2, 0) is 13.0 Å². The Kier molecular flexibility index (Phi) is 7.50. The summed E-state index contributed by atoms with van der Waals surface area (Å²) in [5.41, 5.74) is 4.18. The van der Waals surface area contributed by atoms with Gasteiger partial charge in [-0.15, -0.1) is 0 Å². The summed E-state index contributed by atoms with van der Waals surface area (Å²) in [7, 11) is 0. The van der Waals surface area contributed by atoms with Crippen LogP contribution in [0.25, 0.3) is 0 Å². The van der Waals surface area contributed by atoms with E-state index in [1.165, 1.54) is 5.56 Å². The van der Waals surface area contributed by atoms with Crippen LogP contribution < -0.4 is 10.6 Å². The van der Waals surface area contributed by atoms with Gasteiger partial charge in [-0.05, 0) is 61.9 Å². The zero-order valence-electron chi connectivity index (χ0n) is 18.3. The van der Waals surface area contributed by atoms with Crippen molar-refractivity contribution in [3.63, 3.8) is 0 Å². The Bertz CT molecular complexity index is 861. The largest absolute Gasteiger partial charge is 0.348 e. The summed E-state index contributed by atoms with van der Waals surface area (Å²) in [6, 6.07) is 16.3. The van der Waals surface area contributed by atoms with Gasteiger partial charge in [0.1, 0.15) is 0 Å². The van der Waals surface area contributed by atoms with Crippen molar-refractivity contribution >= 4 is 11.9 Å². The van der Waals surface area contributed by atoms with Crippen LogP contribution in [0.3, 0.4) is 0 Å². The number of nitrogens with one attached hydrogen (secondary N) is 2. The third-order valence-corrected chi connectivity index (χ3v) is 5.63. The number of likely N-dealkylation sites (tertiary alicyclic amines) is 1. The average molecular weight is 408 g/mol. The average Bonchev–Trinajstić information content (AvgIpc) is 2.77. The smallest absolute Gasteiger partial charge is 0.317 e.